The summed E-state index contributed by atoms with van der Waals surface area (Å²) >= 11 is 6.31. The standard InChI is InChI=1S/C13H21Cl/c1-9(14)13(4-5-13)8-12-7-10-2-3-11(12)6-10/h9-12H,2-8H2,1H3. The Hall–Kier alpha value is 0.290. The van der Waals surface area contributed by atoms with Crippen molar-refractivity contribution in [1.82, 2.24) is 0 Å². The van der Waals surface area contributed by atoms with Gasteiger partial charge in [0.25, 0.3) is 0 Å². The van der Waals surface area contributed by atoms with Crippen LogP contribution in [0.3, 0.4) is 0 Å². The fourth-order valence-electron chi connectivity index (χ4n) is 4.07. The van der Waals surface area contributed by atoms with Crippen molar-refractivity contribution < 1.29 is 0 Å². The lowest BCUT2D eigenvalue weighted by Gasteiger charge is -2.28. The summed E-state index contributed by atoms with van der Waals surface area (Å²) in [6.07, 6.45) is 10.4. The van der Waals surface area contributed by atoms with Crippen LogP contribution in [0.15, 0.2) is 0 Å². The summed E-state index contributed by atoms with van der Waals surface area (Å²) in [5.41, 5.74) is 0.580. The molecule has 3 aliphatic rings. The number of fused-ring (bicyclic) bond motifs is 2. The Morgan fingerprint density at radius 3 is 2.50 bits per heavy atom. The predicted molar refractivity (Wildman–Crippen MR) is 60.5 cm³/mol. The van der Waals surface area contributed by atoms with E-state index >= 15 is 0 Å². The molecule has 3 saturated carbocycles. The fourth-order valence-corrected chi connectivity index (χ4v) is 4.38. The van der Waals surface area contributed by atoms with Crippen LogP contribution in [0, 0.1) is 23.2 Å². The number of rotatable bonds is 3. The van der Waals surface area contributed by atoms with E-state index in [2.05, 4.69) is 6.92 Å². The summed E-state index contributed by atoms with van der Waals surface area (Å²) in [5.74, 6) is 3.25. The second-order valence-corrected chi connectivity index (χ2v) is 6.77. The van der Waals surface area contributed by atoms with Crippen LogP contribution in [0.1, 0.15) is 51.9 Å². The lowest BCUT2D eigenvalue weighted by molar-refractivity contribution is 0.253. The van der Waals surface area contributed by atoms with Gasteiger partial charge < -0.3 is 0 Å². The maximum Gasteiger partial charge on any atom is 0.0364 e. The van der Waals surface area contributed by atoms with E-state index in [0.717, 1.165) is 17.8 Å². The van der Waals surface area contributed by atoms with E-state index in [0.29, 0.717) is 10.8 Å². The van der Waals surface area contributed by atoms with Crippen LogP contribution in [-0.2, 0) is 0 Å². The number of halogens is 1. The quantitative estimate of drug-likeness (QED) is 0.615. The highest BCUT2D eigenvalue weighted by Gasteiger charge is 2.51. The topological polar surface area (TPSA) is 0 Å². The Kier molecular flexibility index (Phi) is 2.13. The molecule has 0 aliphatic heterocycles. The van der Waals surface area contributed by atoms with Gasteiger partial charge in [0.15, 0.2) is 0 Å². The van der Waals surface area contributed by atoms with Crippen molar-refractivity contribution in [3.05, 3.63) is 0 Å². The zero-order valence-corrected chi connectivity index (χ0v) is 9.89. The summed E-state index contributed by atoms with van der Waals surface area (Å²) in [5, 5.41) is 0.418. The van der Waals surface area contributed by atoms with E-state index in [1.807, 2.05) is 0 Å². The van der Waals surface area contributed by atoms with Gasteiger partial charge in [0.05, 0.1) is 0 Å². The van der Waals surface area contributed by atoms with Crippen molar-refractivity contribution in [2.45, 2.75) is 57.2 Å². The number of hydrogen-bond donors (Lipinski definition) is 0. The van der Waals surface area contributed by atoms with Crippen LogP contribution in [0.25, 0.3) is 0 Å². The molecule has 0 nitrogen and oxygen atoms in total. The average Bonchev–Trinajstić information content (AvgIpc) is 2.66. The minimum absolute atomic E-state index is 0.418. The SMILES string of the molecule is CC(Cl)C1(CC2CC3CCC2C3)CC1. The molecule has 0 heterocycles. The van der Waals surface area contributed by atoms with Crippen LogP contribution in [0.5, 0.6) is 0 Å². The lowest BCUT2D eigenvalue weighted by Crippen LogP contribution is -2.21. The molecule has 0 saturated heterocycles. The largest absolute Gasteiger partial charge is 0.123 e. The highest BCUT2D eigenvalue weighted by Crippen LogP contribution is 2.60. The first kappa shape index (κ1) is 9.51. The Bertz CT molecular complexity index is 229. The average molecular weight is 213 g/mol. The van der Waals surface area contributed by atoms with E-state index in [1.54, 1.807) is 6.42 Å². The smallest absolute Gasteiger partial charge is 0.0364 e. The molecule has 4 atom stereocenters. The second-order valence-electron chi connectivity index (χ2n) is 6.12. The van der Waals surface area contributed by atoms with Gasteiger partial charge in [-0.3, -0.25) is 0 Å². The van der Waals surface area contributed by atoms with Crippen LogP contribution in [0.4, 0.5) is 0 Å². The Balaban J connectivity index is 1.63. The molecule has 0 aromatic carbocycles. The Morgan fingerprint density at radius 2 is 2.07 bits per heavy atom. The first-order valence-corrected chi connectivity index (χ1v) is 6.77. The highest BCUT2D eigenvalue weighted by atomic mass is 35.5. The normalized spacial score (nSPS) is 45.4. The molecule has 3 aliphatic carbocycles. The van der Waals surface area contributed by atoms with Gasteiger partial charge >= 0.3 is 0 Å². The molecule has 0 aromatic rings. The predicted octanol–water partition coefficient (Wildman–Crippen LogP) is 4.22. The highest BCUT2D eigenvalue weighted by molar-refractivity contribution is 6.21. The molecule has 0 N–H and O–H groups in total. The third kappa shape index (κ3) is 1.41. The van der Waals surface area contributed by atoms with Gasteiger partial charge in [0, 0.05) is 5.38 Å². The molecule has 0 spiro atoms. The van der Waals surface area contributed by atoms with Crippen LogP contribution < -0.4 is 0 Å². The second kappa shape index (κ2) is 3.14. The third-order valence-electron chi connectivity index (χ3n) is 5.29. The third-order valence-corrected chi connectivity index (χ3v) is 5.75. The van der Waals surface area contributed by atoms with Crippen molar-refractivity contribution in [1.29, 1.82) is 0 Å². The molecule has 3 fully saturated rings. The maximum atomic E-state index is 6.31. The monoisotopic (exact) mass is 212 g/mol. The van der Waals surface area contributed by atoms with Gasteiger partial charge in [0.1, 0.15) is 0 Å². The fraction of sp³-hybridized carbons (Fsp3) is 1.00. The van der Waals surface area contributed by atoms with Crippen LogP contribution in [-0.4, -0.2) is 5.38 Å². The number of hydrogen-bond acceptors (Lipinski definition) is 0. The van der Waals surface area contributed by atoms with Gasteiger partial charge in [-0.2, -0.15) is 0 Å². The minimum atomic E-state index is 0.418. The van der Waals surface area contributed by atoms with E-state index in [-0.39, 0.29) is 0 Å². The zero-order valence-electron chi connectivity index (χ0n) is 9.14. The number of alkyl halides is 1. The molecule has 0 aromatic heterocycles. The van der Waals surface area contributed by atoms with E-state index < -0.39 is 0 Å². The van der Waals surface area contributed by atoms with Crippen LogP contribution in [0.2, 0.25) is 0 Å². The summed E-state index contributed by atoms with van der Waals surface area (Å²) in [7, 11) is 0. The van der Waals surface area contributed by atoms with E-state index in [1.165, 1.54) is 38.5 Å². The van der Waals surface area contributed by atoms with E-state index in [4.69, 9.17) is 11.6 Å². The van der Waals surface area contributed by atoms with Gasteiger partial charge in [-0.15, -0.1) is 11.6 Å². The van der Waals surface area contributed by atoms with Crippen molar-refractivity contribution in [3.8, 4) is 0 Å². The zero-order chi connectivity index (χ0) is 9.76. The molecular weight excluding hydrogens is 192 g/mol. The molecule has 4 unspecified atom stereocenters. The maximum absolute atomic E-state index is 6.31. The minimum Gasteiger partial charge on any atom is -0.123 e. The molecule has 1 heteroatoms. The summed E-state index contributed by atoms with van der Waals surface area (Å²) in [6, 6.07) is 0. The first-order chi connectivity index (χ1) is 6.70. The van der Waals surface area contributed by atoms with E-state index in [9.17, 15) is 0 Å². The first-order valence-electron chi connectivity index (χ1n) is 6.34. The molecule has 0 amide bonds. The summed E-state index contributed by atoms with van der Waals surface area (Å²) in [4.78, 5) is 0. The van der Waals surface area contributed by atoms with Crippen molar-refractivity contribution in [3.63, 3.8) is 0 Å². The van der Waals surface area contributed by atoms with Crippen molar-refractivity contribution >= 4 is 11.6 Å². The van der Waals surface area contributed by atoms with Gasteiger partial charge in [-0.1, -0.05) is 6.42 Å². The lowest BCUT2D eigenvalue weighted by atomic mass is 9.80. The van der Waals surface area contributed by atoms with Crippen molar-refractivity contribution in [2.75, 3.05) is 0 Å². The van der Waals surface area contributed by atoms with Gasteiger partial charge in [-0.25, -0.2) is 0 Å². The summed E-state index contributed by atoms with van der Waals surface area (Å²) in [6.45, 7) is 2.21. The van der Waals surface area contributed by atoms with Crippen molar-refractivity contribution in [2.24, 2.45) is 23.2 Å². The molecule has 3 rings (SSSR count). The molecule has 14 heavy (non-hydrogen) atoms. The van der Waals surface area contributed by atoms with Crippen LogP contribution >= 0.6 is 11.6 Å². The summed E-state index contributed by atoms with van der Waals surface area (Å²) < 4.78 is 0. The molecular formula is C13H21Cl. The molecule has 0 radical (unpaired) electrons. The Morgan fingerprint density at radius 1 is 1.29 bits per heavy atom. The van der Waals surface area contributed by atoms with Gasteiger partial charge in [0.2, 0.25) is 0 Å². The molecule has 80 valence electrons. The molecule has 2 bridgehead atoms. The van der Waals surface area contributed by atoms with Gasteiger partial charge in [-0.05, 0) is 68.6 Å². The Labute approximate surface area is 92.4 Å².